The average Bonchev–Trinajstić information content (AvgIpc) is 2.13. The van der Waals surface area contributed by atoms with Crippen LogP contribution in [0.2, 0.25) is 0 Å². The highest BCUT2D eigenvalue weighted by molar-refractivity contribution is 7.84. The Bertz CT molecular complexity index is 337. The van der Waals surface area contributed by atoms with Gasteiger partial charge in [0, 0.05) is 29.9 Å². The van der Waals surface area contributed by atoms with Gasteiger partial charge in [-0.25, -0.2) is 9.59 Å². The first kappa shape index (κ1) is 16.9. The second kappa shape index (κ2) is 6.72. The number of carbonyl (C=O) groups excluding carboxylic acids is 1. The van der Waals surface area contributed by atoms with Gasteiger partial charge in [-0.05, 0) is 27.2 Å². The fourth-order valence-electron chi connectivity index (χ4n) is 1.22. The van der Waals surface area contributed by atoms with Crippen LogP contribution in [0, 0.1) is 0 Å². The maximum atomic E-state index is 11.7. The monoisotopic (exact) mass is 279 g/mol. The minimum absolute atomic E-state index is 0.133. The zero-order valence-corrected chi connectivity index (χ0v) is 12.2. The summed E-state index contributed by atoms with van der Waals surface area (Å²) in [7, 11) is 0.273. The van der Waals surface area contributed by atoms with E-state index in [0.717, 1.165) is 4.90 Å². The van der Waals surface area contributed by atoms with Gasteiger partial charge in [0.2, 0.25) is 0 Å². The molecule has 7 heteroatoms. The van der Waals surface area contributed by atoms with Crippen LogP contribution in [0.25, 0.3) is 0 Å². The molecule has 1 amide bonds. The van der Waals surface area contributed by atoms with Crippen LogP contribution in [0.15, 0.2) is 0 Å². The summed E-state index contributed by atoms with van der Waals surface area (Å²) in [5, 5.41) is 9.06. The Labute approximate surface area is 110 Å². The van der Waals surface area contributed by atoms with E-state index in [4.69, 9.17) is 9.84 Å². The van der Waals surface area contributed by atoms with E-state index in [0.29, 0.717) is 0 Å². The molecule has 0 aliphatic carbocycles. The van der Waals surface area contributed by atoms with Gasteiger partial charge in [0.05, 0.1) is 0 Å². The molecule has 18 heavy (non-hydrogen) atoms. The molecule has 0 bridgehead atoms. The smallest absolute Gasteiger partial charge is 0.410 e. The maximum absolute atomic E-state index is 11.7. The molecule has 0 aromatic carbocycles. The van der Waals surface area contributed by atoms with Crippen molar-refractivity contribution in [1.82, 2.24) is 4.90 Å². The quantitative estimate of drug-likeness (QED) is 0.814. The molecule has 6 nitrogen and oxygen atoms in total. The highest BCUT2D eigenvalue weighted by atomic mass is 32.2. The molecule has 0 radical (unpaired) electrons. The van der Waals surface area contributed by atoms with Crippen LogP contribution in [0.5, 0.6) is 0 Å². The third-order valence-electron chi connectivity index (χ3n) is 2.11. The Kier molecular flexibility index (Phi) is 6.31. The summed E-state index contributed by atoms with van der Waals surface area (Å²) in [4.78, 5) is 23.8. The van der Waals surface area contributed by atoms with Gasteiger partial charge in [-0.2, -0.15) is 0 Å². The maximum Gasteiger partial charge on any atom is 0.410 e. The van der Waals surface area contributed by atoms with Gasteiger partial charge in [0.1, 0.15) is 11.6 Å². The Morgan fingerprint density at radius 1 is 1.39 bits per heavy atom. The van der Waals surface area contributed by atoms with Crippen LogP contribution < -0.4 is 0 Å². The highest BCUT2D eigenvalue weighted by Crippen LogP contribution is 2.12. The lowest BCUT2D eigenvalue weighted by Crippen LogP contribution is -2.45. The second-order valence-electron chi connectivity index (χ2n) is 5.01. The van der Waals surface area contributed by atoms with Gasteiger partial charge >= 0.3 is 12.1 Å². The summed E-state index contributed by atoms with van der Waals surface area (Å²) >= 11 is 0. The van der Waals surface area contributed by atoms with Crippen LogP contribution in [0.4, 0.5) is 4.79 Å². The first-order valence-electron chi connectivity index (χ1n) is 5.53. The lowest BCUT2D eigenvalue weighted by atomic mass is 10.2. The Morgan fingerprint density at radius 3 is 2.22 bits per heavy atom. The summed E-state index contributed by atoms with van der Waals surface area (Å²) in [6.45, 7) is 5.11. The van der Waals surface area contributed by atoms with E-state index in [-0.39, 0.29) is 12.2 Å². The number of rotatable bonds is 5. The number of hydrogen-bond donors (Lipinski definition) is 1. The second-order valence-corrected chi connectivity index (χ2v) is 6.57. The molecule has 0 aromatic rings. The SMILES string of the molecule is CN(C(=O)OC(C)(C)C)[C@@H](CCS(C)=O)C(=O)O. The van der Waals surface area contributed by atoms with E-state index in [9.17, 15) is 13.8 Å². The first-order chi connectivity index (χ1) is 8.04. The molecule has 0 aliphatic heterocycles. The van der Waals surface area contributed by atoms with Crippen molar-refractivity contribution >= 4 is 22.9 Å². The summed E-state index contributed by atoms with van der Waals surface area (Å²) in [6, 6.07) is -1.02. The van der Waals surface area contributed by atoms with Crippen LogP contribution in [-0.4, -0.2) is 57.0 Å². The largest absolute Gasteiger partial charge is 0.480 e. The van der Waals surface area contributed by atoms with E-state index in [2.05, 4.69) is 0 Å². The molecular weight excluding hydrogens is 258 g/mol. The van der Waals surface area contributed by atoms with Crippen molar-refractivity contribution in [3.05, 3.63) is 0 Å². The zero-order chi connectivity index (χ0) is 14.5. The topological polar surface area (TPSA) is 83.9 Å². The van der Waals surface area contributed by atoms with Crippen molar-refractivity contribution in [1.29, 1.82) is 0 Å². The molecule has 0 spiro atoms. The van der Waals surface area contributed by atoms with Crippen molar-refractivity contribution < 1.29 is 23.6 Å². The van der Waals surface area contributed by atoms with Gasteiger partial charge in [0.15, 0.2) is 0 Å². The predicted molar refractivity (Wildman–Crippen MR) is 69.0 cm³/mol. The third kappa shape index (κ3) is 6.58. The summed E-state index contributed by atoms with van der Waals surface area (Å²) in [6.07, 6.45) is 0.928. The number of carboxylic acid groups (broad SMARTS) is 1. The lowest BCUT2D eigenvalue weighted by Gasteiger charge is -2.28. The van der Waals surface area contributed by atoms with E-state index in [1.807, 2.05) is 0 Å². The molecule has 0 rings (SSSR count). The number of aliphatic carboxylic acids is 1. The highest BCUT2D eigenvalue weighted by Gasteiger charge is 2.29. The van der Waals surface area contributed by atoms with Crippen LogP contribution in [-0.2, 0) is 20.3 Å². The number of carboxylic acids is 1. The minimum atomic E-state index is -1.13. The molecule has 2 atom stereocenters. The van der Waals surface area contributed by atoms with Crippen molar-refractivity contribution in [3.8, 4) is 0 Å². The van der Waals surface area contributed by atoms with Gasteiger partial charge in [-0.1, -0.05) is 0 Å². The van der Waals surface area contributed by atoms with Gasteiger partial charge in [-0.15, -0.1) is 0 Å². The predicted octanol–water partition coefficient (Wildman–Crippen LogP) is 1.08. The molecule has 0 aliphatic rings. The Balaban J connectivity index is 4.65. The van der Waals surface area contributed by atoms with Crippen LogP contribution in [0.3, 0.4) is 0 Å². The Hall–Kier alpha value is -1.11. The standard InChI is InChI=1S/C11H21NO5S/c1-11(2,3)17-10(15)12(4)8(9(13)14)6-7-18(5)16/h8H,6-7H2,1-5H3,(H,13,14)/t8-,18?/m0/s1. The molecule has 1 unspecified atom stereocenters. The molecule has 0 saturated heterocycles. The van der Waals surface area contributed by atoms with E-state index >= 15 is 0 Å². The summed E-state index contributed by atoms with van der Waals surface area (Å²) in [5.41, 5.74) is -0.679. The number of likely N-dealkylation sites (N-methyl/N-ethyl adjacent to an activating group) is 1. The number of carbonyl (C=O) groups is 2. The van der Waals surface area contributed by atoms with Crippen LogP contribution in [0.1, 0.15) is 27.2 Å². The summed E-state index contributed by atoms with van der Waals surface area (Å²) in [5.74, 6) is -0.904. The number of ether oxygens (including phenoxy) is 1. The number of hydrogen-bond acceptors (Lipinski definition) is 4. The molecular formula is C11H21NO5S. The van der Waals surface area contributed by atoms with E-state index < -0.39 is 34.5 Å². The number of amides is 1. The normalized spacial score (nSPS) is 14.7. The molecule has 0 aromatic heterocycles. The van der Waals surface area contributed by atoms with Gasteiger partial charge in [-0.3, -0.25) is 9.11 Å². The molecule has 1 N–H and O–H groups in total. The zero-order valence-electron chi connectivity index (χ0n) is 11.4. The van der Waals surface area contributed by atoms with E-state index in [1.165, 1.54) is 13.3 Å². The third-order valence-corrected chi connectivity index (χ3v) is 2.92. The first-order valence-corrected chi connectivity index (χ1v) is 7.26. The molecule has 0 heterocycles. The van der Waals surface area contributed by atoms with E-state index in [1.54, 1.807) is 20.8 Å². The molecule has 0 saturated carbocycles. The summed E-state index contributed by atoms with van der Waals surface area (Å²) < 4.78 is 16.1. The number of nitrogens with zero attached hydrogens (tertiary/aromatic N) is 1. The van der Waals surface area contributed by atoms with Crippen molar-refractivity contribution in [2.45, 2.75) is 38.8 Å². The average molecular weight is 279 g/mol. The molecule has 0 fully saturated rings. The fourth-order valence-corrected chi connectivity index (χ4v) is 1.78. The molecule has 106 valence electrons. The van der Waals surface area contributed by atoms with Gasteiger partial charge in [0.25, 0.3) is 0 Å². The minimum Gasteiger partial charge on any atom is -0.480 e. The van der Waals surface area contributed by atoms with Crippen molar-refractivity contribution in [3.63, 3.8) is 0 Å². The fraction of sp³-hybridized carbons (Fsp3) is 0.818. The Morgan fingerprint density at radius 2 is 1.89 bits per heavy atom. The lowest BCUT2D eigenvalue weighted by molar-refractivity contribution is -0.142. The van der Waals surface area contributed by atoms with Crippen molar-refractivity contribution in [2.75, 3.05) is 19.1 Å². The van der Waals surface area contributed by atoms with Crippen LogP contribution >= 0.6 is 0 Å². The van der Waals surface area contributed by atoms with Gasteiger partial charge < -0.3 is 9.84 Å². The van der Waals surface area contributed by atoms with Crippen molar-refractivity contribution in [2.24, 2.45) is 0 Å².